The number of piperidine rings is 1. The summed E-state index contributed by atoms with van der Waals surface area (Å²) in [5.41, 5.74) is 6.04. The van der Waals surface area contributed by atoms with Crippen LogP contribution in [0.2, 0.25) is 0 Å². The van der Waals surface area contributed by atoms with E-state index in [9.17, 15) is 4.79 Å². The summed E-state index contributed by atoms with van der Waals surface area (Å²) in [6.45, 7) is 3.94. The number of nitrogens with one attached hydrogen (secondary N) is 1. The van der Waals surface area contributed by atoms with Crippen molar-refractivity contribution in [1.29, 1.82) is 0 Å². The maximum absolute atomic E-state index is 12.7. The monoisotopic (exact) mass is 349 g/mol. The molecule has 1 aromatic rings. The molecule has 3 rings (SSSR count). The van der Waals surface area contributed by atoms with E-state index in [1.807, 2.05) is 18.3 Å². The van der Waals surface area contributed by atoms with Gasteiger partial charge in [0, 0.05) is 23.0 Å². The molecule has 0 spiro atoms. The summed E-state index contributed by atoms with van der Waals surface area (Å²) in [7, 11) is 2.20. The summed E-state index contributed by atoms with van der Waals surface area (Å²) in [5.74, 6) is 0.615. The molecule has 2 aliphatic rings. The van der Waals surface area contributed by atoms with Gasteiger partial charge < -0.3 is 11.1 Å². The lowest BCUT2D eigenvalue weighted by Crippen LogP contribution is -2.53. The smallest absolute Gasteiger partial charge is 0.224 e. The molecule has 1 aromatic heterocycles. The van der Waals surface area contributed by atoms with Crippen LogP contribution in [0.4, 0.5) is 0 Å². The molecule has 1 saturated carbocycles. The van der Waals surface area contributed by atoms with Gasteiger partial charge in [0.05, 0.1) is 5.92 Å². The Kier molecular flexibility index (Phi) is 5.63. The van der Waals surface area contributed by atoms with Crippen molar-refractivity contribution >= 4 is 17.2 Å². The van der Waals surface area contributed by atoms with Gasteiger partial charge in [-0.25, -0.2) is 0 Å². The van der Waals surface area contributed by atoms with Gasteiger partial charge in [-0.2, -0.15) is 0 Å². The van der Waals surface area contributed by atoms with Gasteiger partial charge in [-0.1, -0.05) is 18.9 Å². The number of hydrogen-bond donors (Lipinski definition) is 2. The van der Waals surface area contributed by atoms with Gasteiger partial charge in [0.2, 0.25) is 5.91 Å². The Balaban J connectivity index is 1.63. The molecule has 134 valence electrons. The van der Waals surface area contributed by atoms with E-state index in [0.717, 1.165) is 38.8 Å². The lowest BCUT2D eigenvalue weighted by atomic mass is 9.74. The summed E-state index contributed by atoms with van der Waals surface area (Å²) >= 11 is 1.82. The van der Waals surface area contributed by atoms with Gasteiger partial charge in [-0.05, 0) is 63.6 Å². The average molecular weight is 350 g/mol. The van der Waals surface area contributed by atoms with Crippen LogP contribution in [0.1, 0.15) is 56.4 Å². The molecule has 3 N–H and O–H groups in total. The summed E-state index contributed by atoms with van der Waals surface area (Å²) in [6, 6.07) is 4.78. The fraction of sp³-hybridized carbons (Fsp3) is 0.737. The van der Waals surface area contributed by atoms with Crippen molar-refractivity contribution in [2.45, 2.75) is 57.0 Å². The number of thiophene rings is 1. The minimum atomic E-state index is -0.348. The molecule has 0 bridgehead atoms. The molecule has 5 heteroatoms. The Bertz CT molecular complexity index is 543. The average Bonchev–Trinajstić information content (AvgIpc) is 3.06. The Hall–Kier alpha value is -0.910. The molecule has 0 aromatic carbocycles. The number of carbonyl (C=O) groups excluding carboxylic acids is 1. The maximum Gasteiger partial charge on any atom is 0.224 e. The molecule has 1 amide bonds. The predicted octanol–water partition coefficient (Wildman–Crippen LogP) is 3.15. The second kappa shape index (κ2) is 7.54. The molecular weight excluding hydrogens is 318 g/mol. The molecular formula is C19H31N3OS. The van der Waals surface area contributed by atoms with E-state index >= 15 is 0 Å². The number of hydrogen-bond acceptors (Lipinski definition) is 4. The van der Waals surface area contributed by atoms with Gasteiger partial charge in [-0.3, -0.25) is 9.69 Å². The van der Waals surface area contributed by atoms with Crippen molar-refractivity contribution in [1.82, 2.24) is 10.2 Å². The van der Waals surface area contributed by atoms with E-state index in [1.54, 1.807) is 0 Å². The fourth-order valence-electron chi connectivity index (χ4n) is 4.53. The van der Waals surface area contributed by atoms with Crippen LogP contribution < -0.4 is 11.1 Å². The Labute approximate surface area is 149 Å². The van der Waals surface area contributed by atoms with Gasteiger partial charge in [0.25, 0.3) is 0 Å². The van der Waals surface area contributed by atoms with Crippen LogP contribution in [0.25, 0.3) is 0 Å². The molecule has 1 aliphatic carbocycles. The minimum Gasteiger partial charge on any atom is -0.355 e. The Morgan fingerprint density at radius 1 is 1.42 bits per heavy atom. The Morgan fingerprint density at radius 2 is 2.25 bits per heavy atom. The number of nitrogens with two attached hydrogens (primary N) is 1. The summed E-state index contributed by atoms with van der Waals surface area (Å²) < 4.78 is 0. The zero-order valence-electron chi connectivity index (χ0n) is 15.0. The molecule has 4 nitrogen and oxygen atoms in total. The number of rotatable bonds is 4. The standard InChI is InChI=1S/C19H31N3OS/c1-19(20)10-4-3-8-15(19)18(23)21-13-14-7-5-11-22(2)17(14)16-9-6-12-24-16/h6,9,12,14-15,17H,3-5,7-8,10-11,13,20H2,1-2H3,(H,21,23). The van der Waals surface area contributed by atoms with Crippen LogP contribution in [-0.4, -0.2) is 36.5 Å². The van der Waals surface area contributed by atoms with Crippen LogP contribution in [0, 0.1) is 11.8 Å². The topological polar surface area (TPSA) is 58.4 Å². The van der Waals surface area contributed by atoms with Gasteiger partial charge in [0.1, 0.15) is 0 Å². The number of amides is 1. The van der Waals surface area contributed by atoms with Gasteiger partial charge in [-0.15, -0.1) is 11.3 Å². The molecule has 1 saturated heterocycles. The second-order valence-corrected chi connectivity index (χ2v) is 8.87. The first-order valence-electron chi connectivity index (χ1n) is 9.29. The van der Waals surface area contributed by atoms with Crippen LogP contribution in [0.15, 0.2) is 17.5 Å². The van der Waals surface area contributed by atoms with Gasteiger partial charge >= 0.3 is 0 Å². The SMILES string of the molecule is CN1CCCC(CNC(=O)C2CCCCC2(C)N)C1c1cccs1. The van der Waals surface area contributed by atoms with Crippen LogP contribution in [0.3, 0.4) is 0 Å². The second-order valence-electron chi connectivity index (χ2n) is 7.89. The van der Waals surface area contributed by atoms with Crippen molar-refractivity contribution < 1.29 is 4.79 Å². The first-order chi connectivity index (χ1) is 11.5. The molecule has 4 unspecified atom stereocenters. The largest absolute Gasteiger partial charge is 0.355 e. The molecule has 2 heterocycles. The van der Waals surface area contributed by atoms with Crippen molar-refractivity contribution in [2.75, 3.05) is 20.1 Å². The zero-order chi connectivity index (χ0) is 17.2. The van der Waals surface area contributed by atoms with Crippen LogP contribution in [0.5, 0.6) is 0 Å². The van der Waals surface area contributed by atoms with E-state index in [1.165, 1.54) is 17.7 Å². The normalized spacial score (nSPS) is 34.9. The molecule has 4 atom stereocenters. The molecule has 1 aliphatic heterocycles. The molecule has 2 fully saturated rings. The summed E-state index contributed by atoms with van der Waals surface area (Å²) in [6.07, 6.45) is 6.53. The predicted molar refractivity (Wildman–Crippen MR) is 100.0 cm³/mol. The maximum atomic E-state index is 12.7. The zero-order valence-corrected chi connectivity index (χ0v) is 15.8. The highest BCUT2D eigenvalue weighted by atomic mass is 32.1. The fourth-order valence-corrected chi connectivity index (χ4v) is 5.51. The lowest BCUT2D eigenvalue weighted by Gasteiger charge is -2.40. The van der Waals surface area contributed by atoms with Crippen LogP contribution >= 0.6 is 11.3 Å². The van der Waals surface area contributed by atoms with E-state index in [2.05, 4.69) is 34.8 Å². The van der Waals surface area contributed by atoms with Gasteiger partial charge in [0.15, 0.2) is 0 Å². The first-order valence-corrected chi connectivity index (χ1v) is 10.2. The van der Waals surface area contributed by atoms with Crippen molar-refractivity contribution in [2.24, 2.45) is 17.6 Å². The highest BCUT2D eigenvalue weighted by Crippen LogP contribution is 2.37. The van der Waals surface area contributed by atoms with Crippen LogP contribution in [-0.2, 0) is 4.79 Å². The van der Waals surface area contributed by atoms with Crippen molar-refractivity contribution in [3.8, 4) is 0 Å². The highest BCUT2D eigenvalue weighted by molar-refractivity contribution is 7.10. The summed E-state index contributed by atoms with van der Waals surface area (Å²) in [4.78, 5) is 16.6. The van der Waals surface area contributed by atoms with Crippen molar-refractivity contribution in [3.63, 3.8) is 0 Å². The quantitative estimate of drug-likeness (QED) is 0.878. The molecule has 24 heavy (non-hydrogen) atoms. The van der Waals surface area contributed by atoms with E-state index in [-0.39, 0.29) is 17.4 Å². The number of carbonyl (C=O) groups is 1. The lowest BCUT2D eigenvalue weighted by molar-refractivity contribution is -0.128. The third kappa shape index (κ3) is 3.84. The van der Waals surface area contributed by atoms with Crippen molar-refractivity contribution in [3.05, 3.63) is 22.4 Å². The highest BCUT2D eigenvalue weighted by Gasteiger charge is 2.38. The Morgan fingerprint density at radius 3 is 2.96 bits per heavy atom. The first kappa shape index (κ1) is 17.9. The third-order valence-corrected chi connectivity index (χ3v) is 6.89. The third-order valence-electron chi connectivity index (χ3n) is 5.95. The number of likely N-dealkylation sites (tertiary alicyclic amines) is 1. The number of nitrogens with zero attached hydrogens (tertiary/aromatic N) is 1. The van der Waals surface area contributed by atoms with E-state index in [4.69, 9.17) is 5.73 Å². The molecule has 0 radical (unpaired) electrons. The van der Waals surface area contributed by atoms with E-state index < -0.39 is 0 Å². The minimum absolute atomic E-state index is 0.0345. The van der Waals surface area contributed by atoms with E-state index in [0.29, 0.717) is 12.0 Å². The summed E-state index contributed by atoms with van der Waals surface area (Å²) in [5, 5.41) is 5.40.